The lowest BCUT2D eigenvalue weighted by Crippen LogP contribution is -2.50. The number of nitrogens with zero attached hydrogens (tertiary/aromatic N) is 3. The molecule has 8 nitrogen and oxygen atoms in total. The number of aliphatic hydroxyl groups is 1. The van der Waals surface area contributed by atoms with Crippen molar-refractivity contribution in [2.24, 2.45) is 5.92 Å². The topological polar surface area (TPSA) is 95.0 Å². The normalized spacial score (nSPS) is 17.4. The Balaban J connectivity index is 1.59. The molecule has 1 aliphatic rings. The van der Waals surface area contributed by atoms with Gasteiger partial charge < -0.3 is 25.0 Å². The summed E-state index contributed by atoms with van der Waals surface area (Å²) in [4.78, 5) is 33.7. The van der Waals surface area contributed by atoms with Crippen molar-refractivity contribution in [1.82, 2.24) is 14.8 Å². The molecule has 0 aliphatic carbocycles. The Labute approximate surface area is 246 Å². The minimum Gasteiger partial charge on any atom is -0.472 e. The van der Waals surface area contributed by atoms with E-state index in [9.17, 15) is 32.3 Å². The Morgan fingerprint density at radius 3 is 2.44 bits per heavy atom. The van der Waals surface area contributed by atoms with Gasteiger partial charge in [-0.1, -0.05) is 18.8 Å². The van der Waals surface area contributed by atoms with Gasteiger partial charge in [-0.25, -0.2) is 14.2 Å². The highest BCUT2D eigenvalue weighted by Gasteiger charge is 2.35. The lowest BCUT2D eigenvalue weighted by molar-refractivity contribution is -0.137. The monoisotopic (exact) mass is 598 g/mol. The molecule has 0 saturated heterocycles. The predicted octanol–water partition coefficient (Wildman–Crippen LogP) is 5.02. The number of benzene rings is 2. The molecule has 2 N–H and O–H groups in total. The van der Waals surface area contributed by atoms with Crippen molar-refractivity contribution in [3.05, 3.63) is 88.9 Å². The van der Waals surface area contributed by atoms with Crippen LogP contribution in [0.15, 0.2) is 60.8 Å². The summed E-state index contributed by atoms with van der Waals surface area (Å²) in [5.74, 6) is 4.47. The molecule has 226 valence electrons. The van der Waals surface area contributed by atoms with Gasteiger partial charge in [0.25, 0.3) is 5.91 Å². The van der Waals surface area contributed by atoms with E-state index in [4.69, 9.17) is 4.74 Å². The van der Waals surface area contributed by atoms with E-state index >= 15 is 0 Å². The molecule has 4 rings (SSSR count). The molecule has 12 heteroatoms. The van der Waals surface area contributed by atoms with Crippen LogP contribution in [0.5, 0.6) is 5.88 Å². The van der Waals surface area contributed by atoms with Crippen LogP contribution in [0.2, 0.25) is 0 Å². The number of aromatic nitrogens is 1. The summed E-state index contributed by atoms with van der Waals surface area (Å²) in [6.45, 7) is 3.58. The van der Waals surface area contributed by atoms with Gasteiger partial charge in [-0.05, 0) is 61.5 Å². The van der Waals surface area contributed by atoms with Crippen LogP contribution in [0.1, 0.15) is 40.9 Å². The molecule has 0 bridgehead atoms. The van der Waals surface area contributed by atoms with Crippen LogP contribution in [0.4, 0.5) is 28.0 Å². The van der Waals surface area contributed by atoms with Gasteiger partial charge >= 0.3 is 12.2 Å². The molecular formula is C31H30F4N4O4. The zero-order valence-electron chi connectivity index (χ0n) is 23.7. The van der Waals surface area contributed by atoms with Crippen LogP contribution in [0.25, 0.3) is 0 Å². The largest absolute Gasteiger partial charge is 0.472 e. The van der Waals surface area contributed by atoms with E-state index in [1.807, 2.05) is 6.92 Å². The van der Waals surface area contributed by atoms with E-state index in [1.54, 1.807) is 14.0 Å². The van der Waals surface area contributed by atoms with E-state index in [2.05, 4.69) is 22.1 Å². The molecule has 1 aliphatic heterocycles. The fourth-order valence-corrected chi connectivity index (χ4v) is 4.38. The summed E-state index contributed by atoms with van der Waals surface area (Å²) in [5.41, 5.74) is 0.385. The second-order valence-electron chi connectivity index (χ2n) is 10.3. The molecule has 3 amide bonds. The first kappa shape index (κ1) is 31.3. The molecule has 2 aromatic carbocycles. The average molecular weight is 599 g/mol. The van der Waals surface area contributed by atoms with Gasteiger partial charge in [0.1, 0.15) is 17.5 Å². The smallest absolute Gasteiger partial charge is 0.416 e. The number of fused-ring (bicyclic) bond motifs is 1. The third-order valence-electron chi connectivity index (χ3n) is 6.98. The number of urea groups is 1. The Morgan fingerprint density at radius 1 is 1.16 bits per heavy atom. The van der Waals surface area contributed by atoms with Crippen LogP contribution in [-0.4, -0.2) is 70.7 Å². The zero-order chi connectivity index (χ0) is 31.3. The van der Waals surface area contributed by atoms with Crippen LogP contribution in [0.3, 0.4) is 0 Å². The number of ether oxygens (including phenoxy) is 1. The predicted molar refractivity (Wildman–Crippen MR) is 151 cm³/mol. The minimum absolute atomic E-state index is 0.0177. The van der Waals surface area contributed by atoms with Crippen molar-refractivity contribution in [2.75, 3.05) is 32.1 Å². The molecule has 43 heavy (non-hydrogen) atoms. The Hall–Kier alpha value is -4.63. The van der Waals surface area contributed by atoms with Gasteiger partial charge in [-0.2, -0.15) is 13.2 Å². The van der Waals surface area contributed by atoms with E-state index in [0.717, 1.165) is 12.1 Å². The first-order chi connectivity index (χ1) is 20.3. The standard InChI is InChI=1S/C31H30F4N4O4/c1-19-16-39(20(2)18-40)29(41)26-14-22(5-4-21-6-8-23(9-7-21)31(33,34)35)15-36-28(26)43-27(19)17-38(3)30(42)37-25-12-10-24(32)11-13-25/h6-15,19-20,27,40H,16-18H2,1-3H3,(H,37,42)/t19-,20+,27-/m0/s1. The second-order valence-corrected chi connectivity index (χ2v) is 10.3. The van der Waals surface area contributed by atoms with Crippen LogP contribution < -0.4 is 10.1 Å². The number of carbonyl (C=O) groups is 2. The zero-order valence-corrected chi connectivity index (χ0v) is 23.7. The number of hydrogen-bond acceptors (Lipinski definition) is 5. The van der Waals surface area contributed by atoms with E-state index < -0.39 is 41.6 Å². The number of anilines is 1. The summed E-state index contributed by atoms with van der Waals surface area (Å²) in [5, 5.41) is 12.5. The number of alkyl halides is 3. The molecule has 3 atom stereocenters. The van der Waals surface area contributed by atoms with Gasteiger partial charge in [0.05, 0.1) is 24.8 Å². The van der Waals surface area contributed by atoms with Crippen LogP contribution >= 0.6 is 0 Å². The minimum atomic E-state index is -4.46. The summed E-state index contributed by atoms with van der Waals surface area (Å²) in [7, 11) is 1.57. The van der Waals surface area contributed by atoms with Gasteiger partial charge in [0, 0.05) is 42.5 Å². The molecule has 0 saturated carbocycles. The van der Waals surface area contributed by atoms with Crippen molar-refractivity contribution in [1.29, 1.82) is 0 Å². The molecule has 2 heterocycles. The summed E-state index contributed by atoms with van der Waals surface area (Å²) in [6.07, 6.45) is -3.68. The number of amides is 3. The summed E-state index contributed by atoms with van der Waals surface area (Å²) >= 11 is 0. The molecule has 0 spiro atoms. The summed E-state index contributed by atoms with van der Waals surface area (Å²) in [6, 6.07) is 10.2. The van der Waals surface area contributed by atoms with Crippen molar-refractivity contribution >= 4 is 17.6 Å². The Kier molecular flexibility index (Phi) is 9.56. The lowest BCUT2D eigenvalue weighted by Gasteiger charge is -2.37. The molecule has 0 radical (unpaired) electrons. The molecule has 0 unspecified atom stereocenters. The highest BCUT2D eigenvalue weighted by Crippen LogP contribution is 2.29. The van der Waals surface area contributed by atoms with E-state index in [-0.39, 0.29) is 37.1 Å². The second kappa shape index (κ2) is 13.1. The fraction of sp³-hybridized carbons (Fsp3) is 0.323. The number of carbonyl (C=O) groups excluding carboxylic acids is 2. The maximum absolute atomic E-state index is 13.6. The Bertz CT molecular complexity index is 1520. The summed E-state index contributed by atoms with van der Waals surface area (Å²) < 4.78 is 58.0. The number of hydrogen-bond donors (Lipinski definition) is 2. The first-order valence-electron chi connectivity index (χ1n) is 13.4. The van der Waals surface area contributed by atoms with Crippen LogP contribution in [0, 0.1) is 23.6 Å². The molecular weight excluding hydrogens is 568 g/mol. The van der Waals surface area contributed by atoms with Crippen molar-refractivity contribution in [3.8, 4) is 17.7 Å². The van der Waals surface area contributed by atoms with E-state index in [1.165, 1.54) is 58.5 Å². The van der Waals surface area contributed by atoms with Gasteiger partial charge in [0.15, 0.2) is 0 Å². The number of nitrogens with one attached hydrogen (secondary N) is 1. The maximum Gasteiger partial charge on any atom is 0.416 e. The number of aliphatic hydroxyl groups excluding tert-OH is 1. The van der Waals surface area contributed by atoms with Crippen molar-refractivity contribution in [2.45, 2.75) is 32.2 Å². The number of halogens is 4. The highest BCUT2D eigenvalue weighted by molar-refractivity contribution is 5.97. The van der Waals surface area contributed by atoms with Gasteiger partial charge in [-0.3, -0.25) is 4.79 Å². The number of pyridine rings is 1. The quantitative estimate of drug-likeness (QED) is 0.318. The fourth-order valence-electron chi connectivity index (χ4n) is 4.38. The van der Waals surface area contributed by atoms with Gasteiger partial charge in [-0.15, -0.1) is 0 Å². The van der Waals surface area contributed by atoms with Crippen LogP contribution in [-0.2, 0) is 6.18 Å². The number of likely N-dealkylation sites (N-methyl/N-ethyl adjacent to an activating group) is 1. The van der Waals surface area contributed by atoms with Crippen molar-refractivity contribution < 1.29 is 37.0 Å². The Morgan fingerprint density at radius 2 is 1.81 bits per heavy atom. The highest BCUT2D eigenvalue weighted by atomic mass is 19.4. The average Bonchev–Trinajstić information content (AvgIpc) is 2.98. The van der Waals surface area contributed by atoms with Gasteiger partial charge in [0.2, 0.25) is 5.88 Å². The third kappa shape index (κ3) is 7.81. The molecule has 1 aromatic heterocycles. The first-order valence-corrected chi connectivity index (χ1v) is 13.4. The lowest BCUT2D eigenvalue weighted by atomic mass is 10.00. The third-order valence-corrected chi connectivity index (χ3v) is 6.98. The number of rotatable bonds is 5. The SMILES string of the molecule is C[C@H](CO)N1C[C@H](C)[C@H](CN(C)C(=O)Nc2ccc(F)cc2)Oc2ncc(C#Cc3ccc(C(F)(F)F)cc3)cc2C1=O. The van der Waals surface area contributed by atoms with E-state index in [0.29, 0.717) is 16.8 Å². The maximum atomic E-state index is 13.6. The molecule has 3 aromatic rings. The molecule has 0 fully saturated rings. The van der Waals surface area contributed by atoms with Crippen molar-refractivity contribution in [3.63, 3.8) is 0 Å².